The average Bonchev–Trinajstić information content (AvgIpc) is 2.60. The second-order valence-corrected chi connectivity index (χ2v) is 6.20. The lowest BCUT2D eigenvalue weighted by Crippen LogP contribution is -2.23. The number of likely N-dealkylation sites (tertiary alicyclic amines) is 1. The molecule has 1 aromatic carbocycles. The summed E-state index contributed by atoms with van der Waals surface area (Å²) in [5.74, 6) is -0.0837. The molecule has 0 amide bonds. The maximum Gasteiger partial charge on any atom is 0.140 e. The molecule has 2 heterocycles. The predicted octanol–water partition coefficient (Wildman–Crippen LogP) is 4.42. The van der Waals surface area contributed by atoms with Crippen LogP contribution in [-0.2, 0) is 6.54 Å². The highest BCUT2D eigenvalue weighted by atomic mass is 32.1. The molecule has 0 bridgehead atoms. The van der Waals surface area contributed by atoms with Crippen LogP contribution in [0.1, 0.15) is 30.6 Å². The Bertz CT molecular complexity index is 526. The standard InChI is InChI=1S/C15H18FNS/c16-14-7-5-6-12-10-13(18-15(12)14)11-17-8-3-1-2-4-9-17/h5-7,10H,1-4,8-9,11H2. The zero-order valence-corrected chi connectivity index (χ0v) is 11.3. The van der Waals surface area contributed by atoms with E-state index >= 15 is 0 Å². The molecule has 0 radical (unpaired) electrons. The molecule has 1 saturated heterocycles. The molecule has 0 spiro atoms. The Labute approximate surface area is 111 Å². The molecule has 96 valence electrons. The topological polar surface area (TPSA) is 3.24 Å². The van der Waals surface area contributed by atoms with Crippen molar-refractivity contribution in [1.29, 1.82) is 0 Å². The fourth-order valence-electron chi connectivity index (χ4n) is 2.67. The van der Waals surface area contributed by atoms with Gasteiger partial charge in [0, 0.05) is 11.4 Å². The summed E-state index contributed by atoms with van der Waals surface area (Å²) in [7, 11) is 0. The van der Waals surface area contributed by atoms with Gasteiger partial charge in [0.2, 0.25) is 0 Å². The molecule has 2 aromatic rings. The van der Waals surface area contributed by atoms with E-state index in [-0.39, 0.29) is 5.82 Å². The van der Waals surface area contributed by atoms with E-state index in [2.05, 4.69) is 11.0 Å². The van der Waals surface area contributed by atoms with E-state index in [0.717, 1.165) is 16.6 Å². The summed E-state index contributed by atoms with van der Waals surface area (Å²) < 4.78 is 14.4. The van der Waals surface area contributed by atoms with Crippen LogP contribution in [0.4, 0.5) is 4.39 Å². The van der Waals surface area contributed by atoms with Crippen LogP contribution in [0.25, 0.3) is 10.1 Å². The fraction of sp³-hybridized carbons (Fsp3) is 0.467. The summed E-state index contributed by atoms with van der Waals surface area (Å²) in [5, 5.41) is 1.05. The van der Waals surface area contributed by atoms with Crippen LogP contribution < -0.4 is 0 Å². The van der Waals surface area contributed by atoms with Gasteiger partial charge in [0.05, 0.1) is 4.70 Å². The van der Waals surface area contributed by atoms with Crippen LogP contribution in [0.2, 0.25) is 0 Å². The number of hydrogen-bond acceptors (Lipinski definition) is 2. The lowest BCUT2D eigenvalue weighted by Gasteiger charge is -2.18. The first kappa shape index (κ1) is 12.1. The van der Waals surface area contributed by atoms with Crippen molar-refractivity contribution in [3.63, 3.8) is 0 Å². The first-order valence-electron chi connectivity index (χ1n) is 6.72. The Hall–Kier alpha value is -0.930. The number of benzene rings is 1. The van der Waals surface area contributed by atoms with Crippen LogP contribution in [0.5, 0.6) is 0 Å². The second-order valence-electron chi connectivity index (χ2n) is 5.06. The van der Waals surface area contributed by atoms with Gasteiger partial charge in [-0.05, 0) is 43.5 Å². The maximum absolute atomic E-state index is 13.6. The molecule has 0 N–H and O–H groups in total. The predicted molar refractivity (Wildman–Crippen MR) is 75.5 cm³/mol. The summed E-state index contributed by atoms with van der Waals surface area (Å²) in [6.07, 6.45) is 5.33. The smallest absolute Gasteiger partial charge is 0.140 e. The number of halogens is 1. The van der Waals surface area contributed by atoms with Crippen molar-refractivity contribution in [2.75, 3.05) is 13.1 Å². The molecule has 0 unspecified atom stereocenters. The van der Waals surface area contributed by atoms with Gasteiger partial charge < -0.3 is 0 Å². The Kier molecular flexibility index (Phi) is 3.62. The maximum atomic E-state index is 13.6. The molecule has 1 fully saturated rings. The van der Waals surface area contributed by atoms with E-state index < -0.39 is 0 Å². The molecule has 18 heavy (non-hydrogen) atoms. The van der Waals surface area contributed by atoms with Crippen LogP contribution in [0.15, 0.2) is 24.3 Å². The van der Waals surface area contributed by atoms with Gasteiger partial charge >= 0.3 is 0 Å². The van der Waals surface area contributed by atoms with Gasteiger partial charge in [-0.15, -0.1) is 11.3 Å². The van der Waals surface area contributed by atoms with E-state index in [1.807, 2.05) is 6.07 Å². The van der Waals surface area contributed by atoms with Gasteiger partial charge in [0.15, 0.2) is 0 Å². The first-order valence-corrected chi connectivity index (χ1v) is 7.54. The van der Waals surface area contributed by atoms with Crippen LogP contribution in [-0.4, -0.2) is 18.0 Å². The Morgan fingerprint density at radius 3 is 2.61 bits per heavy atom. The third-order valence-corrected chi connectivity index (χ3v) is 4.77. The van der Waals surface area contributed by atoms with Gasteiger partial charge in [0.25, 0.3) is 0 Å². The van der Waals surface area contributed by atoms with E-state index in [1.54, 1.807) is 23.5 Å². The average molecular weight is 263 g/mol. The van der Waals surface area contributed by atoms with E-state index in [4.69, 9.17) is 0 Å². The largest absolute Gasteiger partial charge is 0.298 e. The summed E-state index contributed by atoms with van der Waals surface area (Å²) in [5.41, 5.74) is 0. The number of hydrogen-bond donors (Lipinski definition) is 0. The third kappa shape index (κ3) is 2.57. The zero-order chi connectivity index (χ0) is 12.4. The van der Waals surface area contributed by atoms with Crippen molar-refractivity contribution in [2.45, 2.75) is 32.2 Å². The van der Waals surface area contributed by atoms with Gasteiger partial charge in [0.1, 0.15) is 5.82 Å². The highest BCUT2D eigenvalue weighted by Crippen LogP contribution is 2.29. The minimum atomic E-state index is -0.0837. The second kappa shape index (κ2) is 5.37. The molecule has 1 nitrogen and oxygen atoms in total. The highest BCUT2D eigenvalue weighted by Gasteiger charge is 2.12. The van der Waals surface area contributed by atoms with Crippen molar-refractivity contribution in [3.8, 4) is 0 Å². The fourth-order valence-corrected chi connectivity index (χ4v) is 3.78. The normalized spacial score (nSPS) is 18.1. The quantitative estimate of drug-likeness (QED) is 0.775. The minimum absolute atomic E-state index is 0.0837. The Morgan fingerprint density at radius 2 is 1.89 bits per heavy atom. The van der Waals surface area contributed by atoms with Gasteiger partial charge in [-0.2, -0.15) is 0 Å². The van der Waals surface area contributed by atoms with E-state index in [9.17, 15) is 4.39 Å². The van der Waals surface area contributed by atoms with Crippen molar-refractivity contribution < 1.29 is 4.39 Å². The van der Waals surface area contributed by atoms with E-state index in [0.29, 0.717) is 0 Å². The molecule has 1 aliphatic heterocycles. The van der Waals surface area contributed by atoms with Crippen molar-refractivity contribution in [3.05, 3.63) is 35.0 Å². The SMILES string of the molecule is Fc1cccc2cc(CN3CCCCCC3)sc12. The molecular weight excluding hydrogens is 245 g/mol. The summed E-state index contributed by atoms with van der Waals surface area (Å²) in [4.78, 5) is 3.80. The Balaban J connectivity index is 1.79. The van der Waals surface area contributed by atoms with Gasteiger partial charge in [-0.3, -0.25) is 4.90 Å². The molecular formula is C15H18FNS. The van der Waals surface area contributed by atoms with Gasteiger partial charge in [-0.1, -0.05) is 25.0 Å². The van der Waals surface area contributed by atoms with Crippen molar-refractivity contribution in [2.24, 2.45) is 0 Å². The van der Waals surface area contributed by atoms with E-state index in [1.165, 1.54) is 43.6 Å². The number of fused-ring (bicyclic) bond motifs is 1. The molecule has 0 atom stereocenters. The number of nitrogens with zero attached hydrogens (tertiary/aromatic N) is 1. The number of thiophene rings is 1. The Morgan fingerprint density at radius 1 is 1.11 bits per heavy atom. The summed E-state index contributed by atoms with van der Waals surface area (Å²) in [6.45, 7) is 3.37. The zero-order valence-electron chi connectivity index (χ0n) is 10.5. The van der Waals surface area contributed by atoms with Gasteiger partial charge in [-0.25, -0.2) is 4.39 Å². The third-order valence-electron chi connectivity index (χ3n) is 3.63. The monoisotopic (exact) mass is 263 g/mol. The summed E-state index contributed by atoms with van der Waals surface area (Å²) in [6, 6.07) is 7.49. The number of rotatable bonds is 2. The molecule has 0 aliphatic carbocycles. The molecule has 1 aliphatic rings. The van der Waals surface area contributed by atoms with Crippen molar-refractivity contribution >= 4 is 21.4 Å². The van der Waals surface area contributed by atoms with Crippen LogP contribution >= 0.6 is 11.3 Å². The first-order chi connectivity index (χ1) is 8.83. The minimum Gasteiger partial charge on any atom is -0.298 e. The molecule has 3 heteroatoms. The lowest BCUT2D eigenvalue weighted by atomic mass is 10.2. The molecule has 1 aromatic heterocycles. The summed E-state index contributed by atoms with van der Waals surface area (Å²) >= 11 is 1.61. The van der Waals surface area contributed by atoms with Crippen LogP contribution in [0, 0.1) is 5.82 Å². The van der Waals surface area contributed by atoms with Crippen molar-refractivity contribution in [1.82, 2.24) is 4.90 Å². The molecule has 0 saturated carbocycles. The molecule has 3 rings (SSSR count). The van der Waals surface area contributed by atoms with Crippen LogP contribution in [0.3, 0.4) is 0 Å². The highest BCUT2D eigenvalue weighted by molar-refractivity contribution is 7.19. The lowest BCUT2D eigenvalue weighted by molar-refractivity contribution is 0.279.